The first kappa shape index (κ1) is 15.8. The van der Waals surface area contributed by atoms with Crippen molar-refractivity contribution >= 4 is 34.3 Å². The second kappa shape index (κ2) is 6.40. The van der Waals surface area contributed by atoms with E-state index in [4.69, 9.17) is 10.5 Å². The van der Waals surface area contributed by atoms with Crippen molar-refractivity contribution in [1.29, 1.82) is 0 Å². The first-order valence-corrected chi connectivity index (χ1v) is 9.39. The van der Waals surface area contributed by atoms with Gasteiger partial charge in [-0.2, -0.15) is 0 Å². The van der Waals surface area contributed by atoms with Gasteiger partial charge in [0.2, 0.25) is 5.95 Å². The zero-order valence-corrected chi connectivity index (χ0v) is 15.1. The van der Waals surface area contributed by atoms with Gasteiger partial charge in [0, 0.05) is 5.38 Å². The molecule has 0 unspecified atom stereocenters. The summed E-state index contributed by atoms with van der Waals surface area (Å²) in [7, 11) is 0. The number of hydrogen-bond donors (Lipinski definition) is 2. The van der Waals surface area contributed by atoms with Crippen molar-refractivity contribution in [3.8, 4) is 5.75 Å². The largest absolute Gasteiger partial charge is 0.487 e. The Labute approximate surface area is 159 Å². The number of aliphatic imine (C=N–C) groups is 1. The first-order valence-electron chi connectivity index (χ1n) is 8.45. The molecule has 7 nitrogen and oxygen atoms in total. The molecule has 2 aromatic heterocycles. The molecule has 0 amide bonds. The van der Waals surface area contributed by atoms with Crippen LogP contribution in [0.3, 0.4) is 0 Å². The highest BCUT2D eigenvalue weighted by atomic mass is 32.1. The minimum atomic E-state index is -0.277. The molecule has 27 heavy (non-hydrogen) atoms. The van der Waals surface area contributed by atoms with E-state index in [-0.39, 0.29) is 6.17 Å². The van der Waals surface area contributed by atoms with E-state index in [0.717, 1.165) is 28.0 Å². The molecule has 0 saturated heterocycles. The van der Waals surface area contributed by atoms with Gasteiger partial charge in [-0.25, -0.2) is 15.0 Å². The van der Waals surface area contributed by atoms with Gasteiger partial charge < -0.3 is 10.5 Å². The maximum atomic E-state index is 5.99. The Balaban J connectivity index is 1.46. The molecule has 1 aliphatic heterocycles. The SMILES string of the molecule is NC1=N[C@H](c2ccc(OCc3cscn3)cc2)n2c(nc3ccccc32)N1. The molecule has 1 aliphatic rings. The zero-order chi connectivity index (χ0) is 18.2. The summed E-state index contributed by atoms with van der Waals surface area (Å²) in [6.07, 6.45) is -0.277. The van der Waals surface area contributed by atoms with Crippen molar-refractivity contribution in [2.24, 2.45) is 10.7 Å². The molecule has 3 heterocycles. The van der Waals surface area contributed by atoms with Gasteiger partial charge in [-0.15, -0.1) is 11.3 Å². The number of rotatable bonds is 4. The fourth-order valence-corrected chi connectivity index (χ4v) is 3.69. The van der Waals surface area contributed by atoms with Crippen molar-refractivity contribution in [3.63, 3.8) is 0 Å². The van der Waals surface area contributed by atoms with Gasteiger partial charge in [0.15, 0.2) is 12.1 Å². The minimum absolute atomic E-state index is 0.277. The van der Waals surface area contributed by atoms with E-state index in [9.17, 15) is 0 Å². The number of anilines is 1. The van der Waals surface area contributed by atoms with Crippen LogP contribution in [0.2, 0.25) is 0 Å². The van der Waals surface area contributed by atoms with Crippen LogP contribution in [-0.2, 0) is 6.61 Å². The van der Waals surface area contributed by atoms with Gasteiger partial charge in [-0.05, 0) is 29.8 Å². The third kappa shape index (κ3) is 2.89. The van der Waals surface area contributed by atoms with Gasteiger partial charge in [0.25, 0.3) is 0 Å². The van der Waals surface area contributed by atoms with Gasteiger partial charge in [0.1, 0.15) is 12.4 Å². The Hall–Kier alpha value is -3.39. The van der Waals surface area contributed by atoms with Crippen LogP contribution < -0.4 is 15.8 Å². The number of ether oxygens (including phenoxy) is 1. The van der Waals surface area contributed by atoms with Gasteiger partial charge in [0.05, 0.1) is 22.2 Å². The van der Waals surface area contributed by atoms with Gasteiger partial charge in [-0.3, -0.25) is 9.88 Å². The van der Waals surface area contributed by atoms with Crippen LogP contribution >= 0.6 is 11.3 Å². The maximum absolute atomic E-state index is 5.99. The molecule has 0 saturated carbocycles. The molecule has 0 bridgehead atoms. The van der Waals surface area contributed by atoms with E-state index in [0.29, 0.717) is 18.5 Å². The molecule has 134 valence electrons. The Morgan fingerprint density at radius 2 is 2.00 bits per heavy atom. The van der Waals surface area contributed by atoms with Crippen molar-refractivity contribution in [2.75, 3.05) is 5.32 Å². The number of nitrogens with two attached hydrogens (primary N) is 1. The number of guanidine groups is 1. The average molecular weight is 376 g/mol. The fraction of sp³-hybridized carbons (Fsp3) is 0.105. The monoisotopic (exact) mass is 376 g/mol. The molecular formula is C19H16N6OS. The number of fused-ring (bicyclic) bond motifs is 3. The highest BCUT2D eigenvalue weighted by Crippen LogP contribution is 2.32. The normalized spacial score (nSPS) is 15.9. The molecule has 0 radical (unpaired) electrons. The van der Waals surface area contributed by atoms with Crippen LogP contribution in [0.5, 0.6) is 5.75 Å². The van der Waals surface area contributed by atoms with Crippen LogP contribution in [0.15, 0.2) is 64.4 Å². The molecule has 2 aromatic carbocycles. The molecule has 4 aromatic rings. The molecule has 0 spiro atoms. The number of benzene rings is 2. The number of para-hydroxylation sites is 2. The lowest BCUT2D eigenvalue weighted by Gasteiger charge is -2.24. The second-order valence-corrected chi connectivity index (χ2v) is 6.86. The highest BCUT2D eigenvalue weighted by molar-refractivity contribution is 7.07. The van der Waals surface area contributed by atoms with E-state index in [1.807, 2.05) is 53.9 Å². The summed E-state index contributed by atoms with van der Waals surface area (Å²) in [5.41, 5.74) is 11.6. The van der Waals surface area contributed by atoms with Gasteiger partial charge in [-0.1, -0.05) is 24.3 Å². The van der Waals surface area contributed by atoms with Crippen molar-refractivity contribution < 1.29 is 4.74 Å². The average Bonchev–Trinajstić information content (AvgIpc) is 3.33. The summed E-state index contributed by atoms with van der Waals surface area (Å²) in [6, 6.07) is 15.8. The summed E-state index contributed by atoms with van der Waals surface area (Å²) in [6.45, 7) is 0.456. The third-order valence-electron chi connectivity index (χ3n) is 4.39. The summed E-state index contributed by atoms with van der Waals surface area (Å²) < 4.78 is 7.84. The third-order valence-corrected chi connectivity index (χ3v) is 5.03. The van der Waals surface area contributed by atoms with Crippen molar-refractivity contribution in [1.82, 2.24) is 14.5 Å². The Kier molecular flexibility index (Phi) is 3.75. The van der Waals surface area contributed by atoms with Crippen LogP contribution in [-0.4, -0.2) is 20.5 Å². The lowest BCUT2D eigenvalue weighted by atomic mass is 10.1. The molecule has 8 heteroatoms. The first-order chi connectivity index (χ1) is 13.3. The molecule has 0 aliphatic carbocycles. The summed E-state index contributed by atoms with van der Waals surface area (Å²) >= 11 is 1.56. The van der Waals surface area contributed by atoms with Crippen molar-refractivity contribution in [2.45, 2.75) is 12.8 Å². The highest BCUT2D eigenvalue weighted by Gasteiger charge is 2.24. The number of imidazole rings is 1. The fourth-order valence-electron chi connectivity index (χ4n) is 3.14. The van der Waals surface area contributed by atoms with Gasteiger partial charge >= 0.3 is 0 Å². The smallest absolute Gasteiger partial charge is 0.212 e. The summed E-state index contributed by atoms with van der Waals surface area (Å²) in [5, 5.41) is 5.02. The van der Waals surface area contributed by atoms with Crippen LogP contribution in [0.25, 0.3) is 11.0 Å². The predicted octanol–water partition coefficient (Wildman–Crippen LogP) is 3.36. The minimum Gasteiger partial charge on any atom is -0.487 e. The Morgan fingerprint density at radius 3 is 2.81 bits per heavy atom. The topological polar surface area (TPSA) is 90.4 Å². The van der Waals surface area contributed by atoms with E-state index in [1.165, 1.54) is 0 Å². The van der Waals surface area contributed by atoms with E-state index in [2.05, 4.69) is 24.8 Å². The van der Waals surface area contributed by atoms with Crippen LogP contribution in [0, 0.1) is 0 Å². The number of aromatic nitrogens is 3. The standard InChI is InChI=1S/C19H16N6OS/c20-18-23-17(25-16-4-2-1-3-15(16)22-19(25)24-18)12-5-7-14(8-6-12)26-9-13-10-27-11-21-13/h1-8,10-11,17H,9H2,(H3,20,22,23,24)/t17-/m0/s1. The summed E-state index contributed by atoms with van der Waals surface area (Å²) in [4.78, 5) is 13.4. The molecule has 0 fully saturated rings. The lowest BCUT2D eigenvalue weighted by Crippen LogP contribution is -2.31. The van der Waals surface area contributed by atoms with E-state index < -0.39 is 0 Å². The van der Waals surface area contributed by atoms with E-state index >= 15 is 0 Å². The number of thiazole rings is 1. The Morgan fingerprint density at radius 1 is 1.15 bits per heavy atom. The number of hydrogen-bond acceptors (Lipinski definition) is 7. The predicted molar refractivity (Wildman–Crippen MR) is 106 cm³/mol. The lowest BCUT2D eigenvalue weighted by molar-refractivity contribution is 0.302. The van der Waals surface area contributed by atoms with Crippen LogP contribution in [0.4, 0.5) is 5.95 Å². The second-order valence-electron chi connectivity index (χ2n) is 6.14. The van der Waals surface area contributed by atoms with Crippen LogP contribution in [0.1, 0.15) is 17.4 Å². The molecule has 5 rings (SSSR count). The molecular weight excluding hydrogens is 360 g/mol. The number of nitrogens with zero attached hydrogens (tertiary/aromatic N) is 4. The molecule has 3 N–H and O–H groups in total. The maximum Gasteiger partial charge on any atom is 0.212 e. The number of nitrogens with one attached hydrogen (secondary N) is 1. The van der Waals surface area contributed by atoms with Crippen molar-refractivity contribution in [3.05, 3.63) is 70.7 Å². The quantitative estimate of drug-likeness (QED) is 0.570. The zero-order valence-electron chi connectivity index (χ0n) is 14.2. The summed E-state index contributed by atoms with van der Waals surface area (Å²) in [5.74, 6) is 1.83. The van der Waals surface area contributed by atoms with E-state index in [1.54, 1.807) is 16.8 Å². The Bertz CT molecular complexity index is 1120. The molecule has 1 atom stereocenters.